The first-order valence-corrected chi connectivity index (χ1v) is 7.92. The monoisotopic (exact) mass is 314 g/mol. The quantitative estimate of drug-likeness (QED) is 0.804. The van der Waals surface area contributed by atoms with Crippen molar-refractivity contribution in [2.75, 3.05) is 12.4 Å². The maximum absolute atomic E-state index is 11.8. The maximum atomic E-state index is 11.8. The Kier molecular flexibility index (Phi) is 3.07. The minimum atomic E-state index is 0.0150. The summed E-state index contributed by atoms with van der Waals surface area (Å²) in [5, 5.41) is 9.18. The van der Waals surface area contributed by atoms with Crippen LogP contribution in [-0.4, -0.2) is 27.6 Å². The van der Waals surface area contributed by atoms with Gasteiger partial charge in [0.15, 0.2) is 0 Å². The summed E-state index contributed by atoms with van der Waals surface area (Å²) in [6.45, 7) is 0. The van der Waals surface area contributed by atoms with Gasteiger partial charge in [-0.3, -0.25) is 10.1 Å². The average Bonchev–Trinajstić information content (AvgIpc) is 3.21. The van der Waals surface area contributed by atoms with Crippen LogP contribution in [0.15, 0.2) is 29.6 Å². The predicted octanol–water partition coefficient (Wildman–Crippen LogP) is 2.81. The van der Waals surface area contributed by atoms with Crippen molar-refractivity contribution in [3.05, 3.63) is 29.6 Å². The lowest BCUT2D eigenvalue weighted by Crippen LogP contribution is -2.14. The fourth-order valence-corrected chi connectivity index (χ4v) is 3.10. The van der Waals surface area contributed by atoms with Crippen LogP contribution in [0.2, 0.25) is 0 Å². The Morgan fingerprint density at radius 2 is 2.32 bits per heavy atom. The number of benzene rings is 1. The van der Waals surface area contributed by atoms with E-state index in [4.69, 9.17) is 4.74 Å². The second-order valence-electron chi connectivity index (χ2n) is 5.25. The SMILES string of the molecule is COc1cccc(-c2csc3nc(NC(=O)C4CC4)nn23)c1. The van der Waals surface area contributed by atoms with Crippen LogP contribution in [0.3, 0.4) is 0 Å². The molecule has 1 fully saturated rings. The number of aromatic nitrogens is 3. The maximum Gasteiger partial charge on any atom is 0.250 e. The summed E-state index contributed by atoms with van der Waals surface area (Å²) in [7, 11) is 1.64. The molecule has 1 aliphatic rings. The molecule has 1 aliphatic carbocycles. The van der Waals surface area contributed by atoms with Crippen LogP contribution in [0.25, 0.3) is 16.2 Å². The minimum Gasteiger partial charge on any atom is -0.497 e. The number of carbonyl (C=O) groups is 1. The van der Waals surface area contributed by atoms with Crippen molar-refractivity contribution in [3.8, 4) is 17.0 Å². The molecule has 1 N–H and O–H groups in total. The number of anilines is 1. The van der Waals surface area contributed by atoms with Gasteiger partial charge < -0.3 is 4.74 Å². The number of nitrogens with one attached hydrogen (secondary N) is 1. The molecule has 4 rings (SSSR count). The highest BCUT2D eigenvalue weighted by Crippen LogP contribution is 2.31. The van der Waals surface area contributed by atoms with Crippen molar-refractivity contribution in [1.82, 2.24) is 14.6 Å². The molecule has 0 bridgehead atoms. The number of amides is 1. The van der Waals surface area contributed by atoms with Gasteiger partial charge >= 0.3 is 0 Å². The molecule has 0 aliphatic heterocycles. The Morgan fingerprint density at radius 3 is 3.09 bits per heavy atom. The van der Waals surface area contributed by atoms with Gasteiger partial charge in [-0.2, -0.15) is 4.98 Å². The van der Waals surface area contributed by atoms with E-state index in [0.717, 1.165) is 34.8 Å². The summed E-state index contributed by atoms with van der Waals surface area (Å²) in [6.07, 6.45) is 1.92. The molecule has 0 spiro atoms. The van der Waals surface area contributed by atoms with Gasteiger partial charge in [0.05, 0.1) is 12.8 Å². The number of fused-ring (bicyclic) bond motifs is 1. The lowest BCUT2D eigenvalue weighted by atomic mass is 10.2. The Labute approximate surface area is 130 Å². The van der Waals surface area contributed by atoms with E-state index in [9.17, 15) is 4.79 Å². The Balaban J connectivity index is 1.69. The largest absolute Gasteiger partial charge is 0.497 e. The zero-order chi connectivity index (χ0) is 15.1. The third-order valence-corrected chi connectivity index (χ3v) is 4.45. The summed E-state index contributed by atoms with van der Waals surface area (Å²) < 4.78 is 7.01. The van der Waals surface area contributed by atoms with Crippen molar-refractivity contribution >= 4 is 28.2 Å². The molecule has 22 heavy (non-hydrogen) atoms. The van der Waals surface area contributed by atoms with Crippen LogP contribution in [0, 0.1) is 5.92 Å². The molecule has 0 unspecified atom stereocenters. The van der Waals surface area contributed by atoms with Crippen molar-refractivity contribution in [3.63, 3.8) is 0 Å². The summed E-state index contributed by atoms with van der Waals surface area (Å²) in [4.78, 5) is 16.9. The van der Waals surface area contributed by atoms with Gasteiger partial charge in [-0.05, 0) is 25.0 Å². The fourth-order valence-electron chi connectivity index (χ4n) is 2.27. The predicted molar refractivity (Wildman–Crippen MR) is 84.2 cm³/mol. The van der Waals surface area contributed by atoms with Crippen LogP contribution < -0.4 is 10.1 Å². The molecule has 6 nitrogen and oxygen atoms in total. The number of rotatable bonds is 4. The van der Waals surface area contributed by atoms with Crippen LogP contribution in [0.4, 0.5) is 5.95 Å². The van der Waals surface area contributed by atoms with Crippen molar-refractivity contribution < 1.29 is 9.53 Å². The van der Waals surface area contributed by atoms with Gasteiger partial charge in [0, 0.05) is 16.9 Å². The van der Waals surface area contributed by atoms with E-state index in [1.807, 2.05) is 29.6 Å². The third kappa shape index (κ3) is 2.33. The molecule has 2 aromatic heterocycles. The lowest BCUT2D eigenvalue weighted by Gasteiger charge is -2.02. The van der Waals surface area contributed by atoms with E-state index >= 15 is 0 Å². The number of ether oxygens (including phenoxy) is 1. The molecule has 0 saturated heterocycles. The Bertz CT molecular complexity index is 850. The highest BCUT2D eigenvalue weighted by Gasteiger charge is 2.30. The number of methoxy groups -OCH3 is 1. The van der Waals surface area contributed by atoms with Crippen LogP contribution in [-0.2, 0) is 4.79 Å². The molecule has 1 saturated carbocycles. The van der Waals surface area contributed by atoms with Gasteiger partial charge in [0.25, 0.3) is 0 Å². The standard InChI is InChI=1S/C15H14N4O2S/c1-21-11-4-2-3-10(7-11)12-8-22-15-17-14(18-19(12)15)16-13(20)9-5-6-9/h2-4,7-9H,5-6H2,1H3,(H,16,18,20). The zero-order valence-corrected chi connectivity index (χ0v) is 12.8. The molecule has 112 valence electrons. The van der Waals surface area contributed by atoms with E-state index < -0.39 is 0 Å². The van der Waals surface area contributed by atoms with Gasteiger partial charge in [-0.25, -0.2) is 4.52 Å². The molecule has 2 heterocycles. The summed E-state index contributed by atoms with van der Waals surface area (Å²) in [6, 6.07) is 7.78. The average molecular weight is 314 g/mol. The van der Waals surface area contributed by atoms with Crippen LogP contribution in [0.5, 0.6) is 5.75 Å². The first-order chi connectivity index (χ1) is 10.7. The van der Waals surface area contributed by atoms with E-state index in [0.29, 0.717) is 5.95 Å². The highest BCUT2D eigenvalue weighted by atomic mass is 32.1. The summed E-state index contributed by atoms with van der Waals surface area (Å²) in [5.74, 6) is 1.31. The summed E-state index contributed by atoms with van der Waals surface area (Å²) in [5.41, 5.74) is 1.92. The zero-order valence-electron chi connectivity index (χ0n) is 11.9. The van der Waals surface area contributed by atoms with Gasteiger partial charge in [0.1, 0.15) is 5.75 Å². The number of carbonyl (C=O) groups excluding carboxylic acids is 1. The molecule has 0 atom stereocenters. The fraction of sp³-hybridized carbons (Fsp3) is 0.267. The molecular formula is C15H14N4O2S. The smallest absolute Gasteiger partial charge is 0.250 e. The van der Waals surface area contributed by atoms with E-state index in [2.05, 4.69) is 15.4 Å². The third-order valence-electron chi connectivity index (χ3n) is 3.63. The first-order valence-electron chi connectivity index (χ1n) is 7.04. The lowest BCUT2D eigenvalue weighted by molar-refractivity contribution is -0.117. The first kappa shape index (κ1) is 13.3. The summed E-state index contributed by atoms with van der Waals surface area (Å²) >= 11 is 1.49. The van der Waals surface area contributed by atoms with Crippen molar-refractivity contribution in [2.24, 2.45) is 5.92 Å². The molecular weight excluding hydrogens is 300 g/mol. The van der Waals surface area contributed by atoms with Gasteiger partial charge in [-0.15, -0.1) is 16.4 Å². The van der Waals surface area contributed by atoms with Crippen molar-refractivity contribution in [2.45, 2.75) is 12.8 Å². The minimum absolute atomic E-state index is 0.0150. The Morgan fingerprint density at radius 1 is 1.45 bits per heavy atom. The van der Waals surface area contributed by atoms with E-state index in [-0.39, 0.29) is 11.8 Å². The van der Waals surface area contributed by atoms with Gasteiger partial charge in [-0.1, -0.05) is 12.1 Å². The Hall–Kier alpha value is -2.41. The molecule has 0 radical (unpaired) electrons. The molecule has 7 heteroatoms. The normalized spacial score (nSPS) is 14.2. The number of thiazole rings is 1. The van der Waals surface area contributed by atoms with Gasteiger partial charge in [0.2, 0.25) is 16.8 Å². The highest BCUT2D eigenvalue weighted by molar-refractivity contribution is 7.15. The number of hydrogen-bond acceptors (Lipinski definition) is 5. The topological polar surface area (TPSA) is 68.5 Å². The van der Waals surface area contributed by atoms with E-state index in [1.165, 1.54) is 11.3 Å². The van der Waals surface area contributed by atoms with Crippen LogP contribution in [0.1, 0.15) is 12.8 Å². The number of nitrogens with zero attached hydrogens (tertiary/aromatic N) is 3. The molecule has 1 aromatic carbocycles. The van der Waals surface area contributed by atoms with E-state index in [1.54, 1.807) is 11.6 Å². The number of hydrogen-bond donors (Lipinski definition) is 1. The molecule has 1 amide bonds. The van der Waals surface area contributed by atoms with Crippen LogP contribution >= 0.6 is 11.3 Å². The molecule has 3 aromatic rings. The second kappa shape index (κ2) is 5.10. The van der Waals surface area contributed by atoms with Crippen molar-refractivity contribution in [1.29, 1.82) is 0 Å². The second-order valence-corrected chi connectivity index (χ2v) is 6.08.